The number of fused-ring (bicyclic) bond motifs is 3. The first-order valence-corrected chi connectivity index (χ1v) is 11.4. The van der Waals surface area contributed by atoms with E-state index in [1.165, 1.54) is 27.8 Å². The topological polar surface area (TPSA) is 27.7 Å². The molecule has 0 saturated heterocycles. The van der Waals surface area contributed by atoms with E-state index >= 15 is 0 Å². The number of benzene rings is 2. The van der Waals surface area contributed by atoms with Crippen LogP contribution in [0.1, 0.15) is 76.5 Å². The van der Waals surface area contributed by atoms with Crippen LogP contribution in [0.15, 0.2) is 24.3 Å². The van der Waals surface area contributed by atoms with Crippen LogP contribution in [0.4, 0.5) is 0 Å². The summed E-state index contributed by atoms with van der Waals surface area (Å²) in [5.41, 5.74) is 6.61. The highest BCUT2D eigenvalue weighted by Gasteiger charge is 2.32. The summed E-state index contributed by atoms with van der Waals surface area (Å²) in [5, 5.41) is 0. The molecule has 3 nitrogen and oxygen atoms in total. The quantitative estimate of drug-likeness (QED) is 0.331. The predicted molar refractivity (Wildman–Crippen MR) is 121 cm³/mol. The van der Waals surface area contributed by atoms with Crippen LogP contribution < -0.4 is 14.2 Å². The monoisotopic (exact) mass is 396 g/mol. The molecular weight excluding hydrogens is 360 g/mol. The lowest BCUT2D eigenvalue weighted by Crippen LogP contribution is -2.10. The standard InChI is InChI=1S/C26H36O3/c1-5-9-13-21-23-20-14-11-10-12-19(20)18-22(23)25(28-16-7-3)26(29-17-8-4)24(21)27-15-6-2/h10-12,14H,5-9,13,15-18H2,1-4H3. The third-order valence-electron chi connectivity index (χ3n) is 5.35. The van der Waals surface area contributed by atoms with Gasteiger partial charge in [0.05, 0.1) is 19.8 Å². The van der Waals surface area contributed by atoms with Gasteiger partial charge in [0.15, 0.2) is 11.5 Å². The Kier molecular flexibility index (Phi) is 7.85. The molecule has 1 aliphatic carbocycles. The van der Waals surface area contributed by atoms with Crippen molar-refractivity contribution in [2.24, 2.45) is 0 Å². The highest BCUT2D eigenvalue weighted by molar-refractivity contribution is 5.86. The van der Waals surface area contributed by atoms with Crippen molar-refractivity contribution in [1.29, 1.82) is 0 Å². The van der Waals surface area contributed by atoms with Crippen LogP contribution in [0.3, 0.4) is 0 Å². The van der Waals surface area contributed by atoms with Gasteiger partial charge < -0.3 is 14.2 Å². The predicted octanol–water partition coefficient (Wildman–Crippen LogP) is 6.97. The molecule has 3 heteroatoms. The molecule has 0 amide bonds. The summed E-state index contributed by atoms with van der Waals surface area (Å²) in [6.07, 6.45) is 7.10. The molecule has 0 unspecified atom stereocenters. The van der Waals surface area contributed by atoms with Crippen LogP contribution in [0.2, 0.25) is 0 Å². The third-order valence-corrected chi connectivity index (χ3v) is 5.35. The number of unbranched alkanes of at least 4 members (excludes halogenated alkanes) is 1. The van der Waals surface area contributed by atoms with Gasteiger partial charge in [-0.15, -0.1) is 0 Å². The lowest BCUT2D eigenvalue weighted by Gasteiger charge is -2.24. The molecule has 158 valence electrons. The van der Waals surface area contributed by atoms with Gasteiger partial charge in [0, 0.05) is 17.5 Å². The summed E-state index contributed by atoms with van der Waals surface area (Å²) in [6, 6.07) is 8.75. The summed E-state index contributed by atoms with van der Waals surface area (Å²) in [6.45, 7) is 10.7. The Balaban J connectivity index is 2.25. The van der Waals surface area contributed by atoms with Crippen molar-refractivity contribution in [2.45, 2.75) is 72.6 Å². The Bertz CT molecular complexity index is 810. The van der Waals surface area contributed by atoms with Crippen LogP contribution in [0.5, 0.6) is 17.2 Å². The first kappa shape index (κ1) is 21.5. The summed E-state index contributed by atoms with van der Waals surface area (Å²) in [7, 11) is 0. The van der Waals surface area contributed by atoms with Gasteiger partial charge in [0.25, 0.3) is 0 Å². The molecule has 0 aromatic heterocycles. The van der Waals surface area contributed by atoms with Crippen molar-refractivity contribution in [2.75, 3.05) is 19.8 Å². The highest BCUT2D eigenvalue weighted by atomic mass is 16.5. The summed E-state index contributed by atoms with van der Waals surface area (Å²) in [5.74, 6) is 2.64. The van der Waals surface area contributed by atoms with Crippen LogP contribution in [-0.4, -0.2) is 19.8 Å². The zero-order valence-corrected chi connectivity index (χ0v) is 18.6. The lowest BCUT2D eigenvalue weighted by atomic mass is 9.93. The van der Waals surface area contributed by atoms with E-state index in [9.17, 15) is 0 Å². The van der Waals surface area contributed by atoms with E-state index in [0.717, 1.165) is 62.2 Å². The minimum absolute atomic E-state index is 0.671. The van der Waals surface area contributed by atoms with Crippen molar-refractivity contribution in [3.63, 3.8) is 0 Å². The Labute approximate surface area is 176 Å². The maximum absolute atomic E-state index is 6.37. The van der Waals surface area contributed by atoms with Gasteiger partial charge in [0.2, 0.25) is 5.75 Å². The summed E-state index contributed by atoms with van der Waals surface area (Å²) in [4.78, 5) is 0. The van der Waals surface area contributed by atoms with Crippen LogP contribution in [0.25, 0.3) is 11.1 Å². The van der Waals surface area contributed by atoms with E-state index in [4.69, 9.17) is 14.2 Å². The van der Waals surface area contributed by atoms with Crippen molar-refractivity contribution in [1.82, 2.24) is 0 Å². The van der Waals surface area contributed by atoms with Crippen molar-refractivity contribution < 1.29 is 14.2 Å². The maximum Gasteiger partial charge on any atom is 0.204 e. The largest absolute Gasteiger partial charge is 0.489 e. The molecule has 0 fully saturated rings. The fourth-order valence-electron chi connectivity index (χ4n) is 4.03. The molecule has 0 atom stereocenters. The molecule has 29 heavy (non-hydrogen) atoms. The normalized spacial score (nSPS) is 11.9. The molecule has 0 radical (unpaired) electrons. The molecule has 2 aromatic carbocycles. The molecule has 0 heterocycles. The molecule has 2 aromatic rings. The van der Waals surface area contributed by atoms with Crippen LogP contribution in [0, 0.1) is 0 Å². The molecule has 0 N–H and O–H groups in total. The molecular formula is C26H36O3. The Morgan fingerprint density at radius 1 is 0.724 bits per heavy atom. The average Bonchev–Trinajstić information content (AvgIpc) is 3.13. The Morgan fingerprint density at radius 3 is 2.00 bits per heavy atom. The number of ether oxygens (including phenoxy) is 3. The molecule has 0 saturated carbocycles. The second-order valence-corrected chi connectivity index (χ2v) is 7.80. The summed E-state index contributed by atoms with van der Waals surface area (Å²) >= 11 is 0. The number of hydrogen-bond donors (Lipinski definition) is 0. The zero-order valence-electron chi connectivity index (χ0n) is 18.6. The molecule has 3 rings (SSSR count). The zero-order chi connectivity index (χ0) is 20.6. The molecule has 0 aliphatic heterocycles. The summed E-state index contributed by atoms with van der Waals surface area (Å²) < 4.78 is 19.0. The molecule has 0 bridgehead atoms. The molecule has 0 spiro atoms. The smallest absolute Gasteiger partial charge is 0.204 e. The lowest BCUT2D eigenvalue weighted by molar-refractivity contribution is 0.240. The highest BCUT2D eigenvalue weighted by Crippen LogP contribution is 2.54. The minimum atomic E-state index is 0.671. The van der Waals surface area contributed by atoms with Crippen molar-refractivity contribution >= 4 is 0 Å². The van der Waals surface area contributed by atoms with Gasteiger partial charge in [-0.05, 0) is 48.8 Å². The first-order chi connectivity index (χ1) is 14.3. The second kappa shape index (κ2) is 10.6. The Morgan fingerprint density at radius 2 is 1.34 bits per heavy atom. The van der Waals surface area contributed by atoms with E-state index in [-0.39, 0.29) is 0 Å². The van der Waals surface area contributed by atoms with Gasteiger partial charge in [-0.1, -0.05) is 58.4 Å². The van der Waals surface area contributed by atoms with Gasteiger partial charge in [-0.25, -0.2) is 0 Å². The number of rotatable bonds is 12. The van der Waals surface area contributed by atoms with Gasteiger partial charge >= 0.3 is 0 Å². The minimum Gasteiger partial charge on any atom is -0.489 e. The van der Waals surface area contributed by atoms with Gasteiger partial charge in [-0.2, -0.15) is 0 Å². The van der Waals surface area contributed by atoms with Crippen molar-refractivity contribution in [3.05, 3.63) is 41.0 Å². The van der Waals surface area contributed by atoms with Crippen LogP contribution in [-0.2, 0) is 12.8 Å². The van der Waals surface area contributed by atoms with Gasteiger partial charge in [0.1, 0.15) is 0 Å². The van der Waals surface area contributed by atoms with Gasteiger partial charge in [-0.3, -0.25) is 0 Å². The SMILES string of the molecule is CCCCc1c(OCCC)c(OCCC)c(OCCC)c2c1-c1ccccc1C2. The van der Waals surface area contributed by atoms with E-state index in [1.54, 1.807) is 0 Å². The molecule has 1 aliphatic rings. The van der Waals surface area contributed by atoms with E-state index in [0.29, 0.717) is 19.8 Å². The fraction of sp³-hybridized carbons (Fsp3) is 0.538. The van der Waals surface area contributed by atoms with E-state index in [1.807, 2.05) is 0 Å². The maximum atomic E-state index is 6.37. The first-order valence-electron chi connectivity index (χ1n) is 11.4. The van der Waals surface area contributed by atoms with E-state index in [2.05, 4.69) is 52.0 Å². The fourth-order valence-corrected chi connectivity index (χ4v) is 4.03. The van der Waals surface area contributed by atoms with E-state index < -0.39 is 0 Å². The average molecular weight is 397 g/mol. The van der Waals surface area contributed by atoms with Crippen molar-refractivity contribution in [3.8, 4) is 28.4 Å². The number of hydrogen-bond acceptors (Lipinski definition) is 3. The van der Waals surface area contributed by atoms with Crippen LogP contribution >= 0.6 is 0 Å². The third kappa shape index (κ3) is 4.55. The second-order valence-electron chi connectivity index (χ2n) is 7.80. The Hall–Kier alpha value is -2.16.